The lowest BCUT2D eigenvalue weighted by molar-refractivity contribution is -0.786. The second-order valence-corrected chi connectivity index (χ2v) is 7.63. The average Bonchev–Trinajstić information content (AvgIpc) is 2.28. The van der Waals surface area contributed by atoms with Crippen LogP contribution in [0.25, 0.3) is 0 Å². The van der Waals surface area contributed by atoms with Crippen molar-refractivity contribution in [3.8, 4) is 0 Å². The topological polar surface area (TPSA) is 13.7 Å². The van der Waals surface area contributed by atoms with Gasteiger partial charge in [0, 0.05) is 7.11 Å². The number of nitrogens with one attached hydrogen (secondary N) is 1. The van der Waals surface area contributed by atoms with Gasteiger partial charge in [0.25, 0.3) is 0 Å². The SMILES string of the molecule is C.C.C1CCC1.C[NH+](C)c1ccccc1.C[O][Al]([CH3])[CH3]. The number of hydrogen-bond donors (Lipinski definition) is 1. The van der Waals surface area contributed by atoms with Crippen LogP contribution < -0.4 is 4.90 Å². The van der Waals surface area contributed by atoms with Crippen molar-refractivity contribution in [3.05, 3.63) is 30.3 Å². The Bertz CT molecular complexity index is 268. The van der Waals surface area contributed by atoms with Crippen molar-refractivity contribution in [2.24, 2.45) is 0 Å². The molecule has 0 spiro atoms. The molecule has 0 radical (unpaired) electrons. The van der Waals surface area contributed by atoms with Gasteiger partial charge in [0.15, 0.2) is 0 Å². The van der Waals surface area contributed by atoms with Gasteiger partial charge in [-0.2, -0.15) is 0 Å². The molecule has 0 heterocycles. The van der Waals surface area contributed by atoms with E-state index in [0.29, 0.717) is 0 Å². The van der Waals surface area contributed by atoms with Crippen LogP contribution in [0.1, 0.15) is 40.5 Å². The van der Waals surface area contributed by atoms with Crippen LogP contribution in [0.2, 0.25) is 11.6 Å². The fourth-order valence-electron chi connectivity index (χ4n) is 1.02. The molecule has 0 unspecified atom stereocenters. The smallest absolute Gasteiger partial charge is 0.453 e. The van der Waals surface area contributed by atoms with Gasteiger partial charge in [0.05, 0.1) is 14.1 Å². The maximum absolute atomic E-state index is 4.89. The zero-order valence-corrected chi connectivity index (χ0v) is 13.9. The first kappa shape index (κ1) is 24.7. The van der Waals surface area contributed by atoms with E-state index in [1.54, 1.807) is 7.11 Å². The van der Waals surface area contributed by atoms with E-state index in [9.17, 15) is 0 Å². The Labute approximate surface area is 132 Å². The molecular formula is C17H37AlNO+. The summed E-state index contributed by atoms with van der Waals surface area (Å²) in [6.07, 6.45) is 6.00. The van der Waals surface area contributed by atoms with Gasteiger partial charge < -0.3 is 8.69 Å². The van der Waals surface area contributed by atoms with E-state index in [-0.39, 0.29) is 14.9 Å². The molecule has 1 N–H and O–H groups in total. The lowest BCUT2D eigenvalue weighted by Crippen LogP contribution is -3.00. The molecule has 1 aromatic carbocycles. The molecule has 3 heteroatoms. The predicted molar refractivity (Wildman–Crippen MR) is 95.3 cm³/mol. The molecule has 0 saturated heterocycles. The highest BCUT2D eigenvalue weighted by atomic mass is 27.2. The van der Waals surface area contributed by atoms with Gasteiger partial charge >= 0.3 is 14.5 Å². The Morgan fingerprint density at radius 3 is 1.40 bits per heavy atom. The number of hydrogen-bond acceptors (Lipinski definition) is 1. The first-order valence-corrected chi connectivity index (χ1v) is 9.74. The normalized spacial score (nSPS) is 11.3. The first-order chi connectivity index (χ1) is 8.57. The quantitative estimate of drug-likeness (QED) is 0.809. The van der Waals surface area contributed by atoms with E-state index in [2.05, 4.69) is 49.9 Å². The number of benzene rings is 1. The zero-order valence-electron chi connectivity index (χ0n) is 12.7. The summed E-state index contributed by atoms with van der Waals surface area (Å²) in [5.74, 6) is 4.28. The third kappa shape index (κ3) is 15.7. The van der Waals surface area contributed by atoms with E-state index in [1.165, 1.54) is 36.3 Å². The maximum Gasteiger partial charge on any atom is 0.453 e. The van der Waals surface area contributed by atoms with Crippen LogP contribution in [0.15, 0.2) is 30.3 Å². The van der Waals surface area contributed by atoms with E-state index >= 15 is 0 Å². The molecule has 118 valence electrons. The van der Waals surface area contributed by atoms with Gasteiger partial charge in [-0.3, -0.25) is 0 Å². The van der Waals surface area contributed by atoms with Crippen molar-refractivity contribution in [2.75, 3.05) is 21.2 Å². The Morgan fingerprint density at radius 1 is 0.900 bits per heavy atom. The minimum Gasteiger partial charge on any atom is -0.503 e. The lowest BCUT2D eigenvalue weighted by Gasteiger charge is -2.05. The van der Waals surface area contributed by atoms with Crippen LogP contribution in [-0.2, 0) is 3.79 Å². The van der Waals surface area contributed by atoms with E-state index in [1.807, 2.05) is 6.07 Å². The summed E-state index contributed by atoms with van der Waals surface area (Å²) in [4.78, 5) is 1.37. The molecule has 1 fully saturated rings. The Hall–Kier alpha value is -0.328. The van der Waals surface area contributed by atoms with Gasteiger partial charge in [0.1, 0.15) is 5.69 Å². The highest BCUT2D eigenvalue weighted by Crippen LogP contribution is 2.15. The summed E-state index contributed by atoms with van der Waals surface area (Å²) in [6, 6.07) is 10.4. The van der Waals surface area contributed by atoms with Crippen LogP contribution in [0, 0.1) is 0 Å². The molecule has 1 saturated carbocycles. The third-order valence-electron chi connectivity index (χ3n) is 2.82. The van der Waals surface area contributed by atoms with Gasteiger partial charge in [-0.25, -0.2) is 0 Å². The predicted octanol–water partition coefficient (Wildman–Crippen LogP) is 4.18. The summed E-state index contributed by atoms with van der Waals surface area (Å²) in [7, 11) is 6.00. The van der Waals surface area contributed by atoms with Crippen LogP contribution in [0.4, 0.5) is 5.69 Å². The molecule has 1 aliphatic carbocycles. The molecule has 1 aliphatic rings. The Morgan fingerprint density at radius 2 is 1.25 bits per heavy atom. The molecule has 0 bridgehead atoms. The van der Waals surface area contributed by atoms with Gasteiger partial charge in [-0.15, -0.1) is 0 Å². The molecule has 2 nitrogen and oxygen atoms in total. The zero-order chi connectivity index (χ0) is 13.8. The number of quaternary nitrogens is 1. The second-order valence-electron chi connectivity index (χ2n) is 5.06. The Balaban J connectivity index is -0.000000227. The highest BCUT2D eigenvalue weighted by molar-refractivity contribution is 6.48. The summed E-state index contributed by atoms with van der Waals surface area (Å²) in [5.41, 5.74) is 1.33. The van der Waals surface area contributed by atoms with Crippen LogP contribution >= 0.6 is 0 Å². The van der Waals surface area contributed by atoms with Crippen molar-refractivity contribution >= 4 is 20.2 Å². The molecule has 0 aromatic heterocycles. The fourth-order valence-corrected chi connectivity index (χ4v) is 1.02. The van der Waals surface area contributed by atoms with Crippen LogP contribution in [0.5, 0.6) is 0 Å². The Kier molecular flexibility index (Phi) is 20.6. The van der Waals surface area contributed by atoms with Gasteiger partial charge in [-0.05, 0) is 12.1 Å². The molecular weight excluding hydrogens is 261 g/mol. The summed E-state index contributed by atoms with van der Waals surface area (Å²) in [5, 5.41) is 0. The first-order valence-electron chi connectivity index (χ1n) is 6.96. The minimum absolute atomic E-state index is 0. The van der Waals surface area contributed by atoms with E-state index in [0.717, 1.165) is 0 Å². The summed E-state index contributed by atoms with van der Waals surface area (Å²) < 4.78 is 4.89. The maximum atomic E-state index is 4.89. The summed E-state index contributed by atoms with van der Waals surface area (Å²) >= 11 is -0.650. The molecule has 1 aromatic rings. The third-order valence-corrected chi connectivity index (χ3v) is 3.77. The van der Waals surface area contributed by atoms with Crippen molar-refractivity contribution in [1.29, 1.82) is 0 Å². The highest BCUT2D eigenvalue weighted by Gasteiger charge is 1.96. The molecule has 0 atom stereocenters. The van der Waals surface area contributed by atoms with Crippen molar-refractivity contribution in [3.63, 3.8) is 0 Å². The van der Waals surface area contributed by atoms with Crippen molar-refractivity contribution in [1.82, 2.24) is 0 Å². The molecule has 2 rings (SSSR count). The van der Waals surface area contributed by atoms with E-state index < -0.39 is 14.5 Å². The average molecular weight is 298 g/mol. The molecule has 20 heavy (non-hydrogen) atoms. The van der Waals surface area contributed by atoms with Crippen LogP contribution in [0.3, 0.4) is 0 Å². The lowest BCUT2D eigenvalue weighted by atomic mass is 10.0. The minimum atomic E-state index is -0.650. The fraction of sp³-hybridized carbons (Fsp3) is 0.647. The van der Waals surface area contributed by atoms with Crippen molar-refractivity contribution in [2.45, 2.75) is 52.1 Å². The van der Waals surface area contributed by atoms with Gasteiger partial charge in [0.2, 0.25) is 0 Å². The molecule has 0 amide bonds. The second kappa shape index (κ2) is 16.7. The van der Waals surface area contributed by atoms with Gasteiger partial charge in [-0.1, -0.05) is 70.3 Å². The largest absolute Gasteiger partial charge is 0.503 e. The molecule has 0 aliphatic heterocycles. The number of para-hydroxylation sites is 1. The number of rotatable bonds is 2. The summed E-state index contributed by atoms with van der Waals surface area (Å²) in [6.45, 7) is 0. The van der Waals surface area contributed by atoms with Crippen LogP contribution in [-0.4, -0.2) is 35.7 Å². The standard InChI is InChI=1S/C8H11N.C4H8.CH3O.2CH4.2CH3.Al/c1-9(2)8-6-4-3-5-7-8;1-2-4-3-1;1-2;;;;;/h3-7H,1-2H3;1-4H2;1H3;2*1H4;2*1H3;/q;;-1;;;;;+1/p+1. The monoisotopic (exact) mass is 298 g/mol. The van der Waals surface area contributed by atoms with Crippen molar-refractivity contribution < 1.29 is 8.69 Å². The van der Waals surface area contributed by atoms with E-state index in [4.69, 9.17) is 3.79 Å².